The third-order valence-corrected chi connectivity index (χ3v) is 5.45. The fourth-order valence-corrected chi connectivity index (χ4v) is 3.87. The van der Waals surface area contributed by atoms with E-state index in [0.717, 1.165) is 9.88 Å². The number of thiophene rings is 1. The summed E-state index contributed by atoms with van der Waals surface area (Å²) in [6, 6.07) is 10.8. The monoisotopic (exact) mass is 397 g/mol. The first-order valence-corrected chi connectivity index (χ1v) is 9.55. The molecular weight excluding hydrogens is 382 g/mol. The second-order valence-electron chi connectivity index (χ2n) is 5.25. The molecule has 1 amide bonds. The number of nitrogens with zero attached hydrogens (tertiary/aromatic N) is 2. The molecule has 3 aromatic rings. The van der Waals surface area contributed by atoms with Crippen molar-refractivity contribution in [2.24, 2.45) is 0 Å². The normalized spacial score (nSPS) is 10.9. The Hall–Kier alpha value is -3.15. The van der Waals surface area contributed by atoms with Gasteiger partial charge in [0.05, 0.1) is 24.8 Å². The number of amides is 1. The Kier molecular flexibility index (Phi) is 5.86. The van der Waals surface area contributed by atoms with Crippen LogP contribution in [0.3, 0.4) is 0 Å². The summed E-state index contributed by atoms with van der Waals surface area (Å²) in [5.74, 6) is 0.517. The number of ether oxygens (including phenoxy) is 2. The second-order valence-corrected chi connectivity index (χ2v) is 7.05. The average molecular weight is 397 g/mol. The number of carbonyl (C=O) groups is 1. The first-order valence-electron chi connectivity index (χ1n) is 7.79. The summed E-state index contributed by atoms with van der Waals surface area (Å²) in [5.41, 5.74) is 1.03. The fraction of sp³-hybridized carbons (Fsp3) is 0.105. The molecule has 27 heavy (non-hydrogen) atoms. The Balaban J connectivity index is 1.78. The highest BCUT2D eigenvalue weighted by molar-refractivity contribution is 7.20. The van der Waals surface area contributed by atoms with E-state index in [-0.39, 0.29) is 5.57 Å². The molecule has 0 aliphatic rings. The molecule has 0 bridgehead atoms. The zero-order valence-corrected chi connectivity index (χ0v) is 16.2. The van der Waals surface area contributed by atoms with Crippen molar-refractivity contribution in [2.45, 2.75) is 0 Å². The minimum absolute atomic E-state index is 0.0344. The lowest BCUT2D eigenvalue weighted by molar-refractivity contribution is -0.112. The zero-order valence-electron chi connectivity index (χ0n) is 14.6. The summed E-state index contributed by atoms with van der Waals surface area (Å²) >= 11 is 3.06. The zero-order chi connectivity index (χ0) is 19.2. The highest BCUT2D eigenvalue weighted by Crippen LogP contribution is 2.30. The Morgan fingerprint density at radius 2 is 2.04 bits per heavy atom. The summed E-state index contributed by atoms with van der Waals surface area (Å²) in [5, 5.41) is 16.7. The molecule has 0 aliphatic carbocycles. The molecular formula is C19H15N3O3S2. The lowest BCUT2D eigenvalue weighted by Gasteiger charge is -2.10. The molecule has 0 unspecified atom stereocenters. The highest BCUT2D eigenvalue weighted by Gasteiger charge is 2.13. The average Bonchev–Trinajstić information content (AvgIpc) is 3.37. The minimum atomic E-state index is -0.518. The van der Waals surface area contributed by atoms with Crippen LogP contribution in [0.2, 0.25) is 0 Å². The molecule has 2 aromatic heterocycles. The molecule has 8 heteroatoms. The van der Waals surface area contributed by atoms with Crippen molar-refractivity contribution in [3.8, 4) is 27.5 Å². The molecule has 1 aromatic carbocycles. The molecule has 3 rings (SSSR count). The molecule has 136 valence electrons. The van der Waals surface area contributed by atoms with Crippen molar-refractivity contribution in [2.75, 3.05) is 19.5 Å². The quantitative estimate of drug-likeness (QED) is 0.491. The first kappa shape index (κ1) is 18.6. The van der Waals surface area contributed by atoms with E-state index >= 15 is 0 Å². The Morgan fingerprint density at radius 1 is 1.22 bits per heavy atom. The van der Waals surface area contributed by atoms with Crippen LogP contribution in [-0.4, -0.2) is 25.1 Å². The van der Waals surface area contributed by atoms with Crippen molar-refractivity contribution < 1.29 is 14.3 Å². The van der Waals surface area contributed by atoms with E-state index in [1.807, 2.05) is 29.0 Å². The molecule has 6 nitrogen and oxygen atoms in total. The smallest absolute Gasteiger partial charge is 0.266 e. The Bertz CT molecular complexity index is 1020. The van der Waals surface area contributed by atoms with Crippen LogP contribution in [0.25, 0.3) is 16.0 Å². The van der Waals surface area contributed by atoms with Gasteiger partial charge in [-0.05, 0) is 29.7 Å². The SMILES string of the molecule is COc1ccc(NC(=O)/C(C#N)=C\c2csc(-c3cccs3)n2)cc1OC. The van der Waals surface area contributed by atoms with E-state index in [1.165, 1.54) is 31.6 Å². The van der Waals surface area contributed by atoms with Gasteiger partial charge >= 0.3 is 0 Å². The number of nitrogens with one attached hydrogen (secondary N) is 1. The van der Waals surface area contributed by atoms with Gasteiger partial charge in [-0.2, -0.15) is 5.26 Å². The Labute approximate surface area is 164 Å². The van der Waals surface area contributed by atoms with E-state index in [4.69, 9.17) is 9.47 Å². The lowest BCUT2D eigenvalue weighted by Crippen LogP contribution is -2.13. The number of thiazole rings is 1. The van der Waals surface area contributed by atoms with Crippen molar-refractivity contribution in [1.82, 2.24) is 4.98 Å². The van der Waals surface area contributed by atoms with Gasteiger partial charge in [-0.1, -0.05) is 6.07 Å². The summed E-state index contributed by atoms with van der Waals surface area (Å²) in [4.78, 5) is 18.0. The molecule has 0 saturated heterocycles. The largest absolute Gasteiger partial charge is 0.493 e. The number of hydrogen-bond donors (Lipinski definition) is 1. The number of hydrogen-bond acceptors (Lipinski definition) is 7. The van der Waals surface area contributed by atoms with E-state index in [0.29, 0.717) is 22.9 Å². The molecule has 0 radical (unpaired) electrons. The van der Waals surface area contributed by atoms with Gasteiger partial charge < -0.3 is 14.8 Å². The number of anilines is 1. The topological polar surface area (TPSA) is 84.2 Å². The third kappa shape index (κ3) is 4.34. The summed E-state index contributed by atoms with van der Waals surface area (Å²) < 4.78 is 10.4. The molecule has 0 aliphatic heterocycles. The fourth-order valence-electron chi connectivity index (χ4n) is 2.27. The molecule has 0 atom stereocenters. The molecule has 0 saturated carbocycles. The van der Waals surface area contributed by atoms with Crippen LogP contribution in [0.15, 0.2) is 46.7 Å². The maximum Gasteiger partial charge on any atom is 0.266 e. The van der Waals surface area contributed by atoms with E-state index in [1.54, 1.807) is 29.5 Å². The van der Waals surface area contributed by atoms with Crippen molar-refractivity contribution >= 4 is 40.3 Å². The van der Waals surface area contributed by atoms with Gasteiger partial charge in [-0.25, -0.2) is 4.98 Å². The van der Waals surface area contributed by atoms with Crippen LogP contribution >= 0.6 is 22.7 Å². The predicted molar refractivity (Wildman–Crippen MR) is 107 cm³/mol. The lowest BCUT2D eigenvalue weighted by atomic mass is 10.2. The highest BCUT2D eigenvalue weighted by atomic mass is 32.1. The van der Waals surface area contributed by atoms with Crippen LogP contribution in [0.5, 0.6) is 11.5 Å². The third-order valence-electron chi connectivity index (χ3n) is 3.55. The molecule has 0 spiro atoms. The summed E-state index contributed by atoms with van der Waals surface area (Å²) in [7, 11) is 3.04. The molecule has 0 fully saturated rings. The van der Waals surface area contributed by atoms with Gasteiger partial charge in [-0.15, -0.1) is 22.7 Å². The van der Waals surface area contributed by atoms with Crippen LogP contribution in [-0.2, 0) is 4.79 Å². The van der Waals surface area contributed by atoms with Gasteiger partial charge in [-0.3, -0.25) is 4.79 Å². The van der Waals surface area contributed by atoms with Gasteiger partial charge in [0.2, 0.25) is 0 Å². The number of benzene rings is 1. The van der Waals surface area contributed by atoms with Crippen molar-refractivity contribution in [3.05, 3.63) is 52.4 Å². The standard InChI is InChI=1S/C19H15N3O3S2/c1-24-15-6-5-13(9-16(15)25-2)21-18(23)12(10-20)8-14-11-27-19(22-14)17-4-3-7-26-17/h3-9,11H,1-2H3,(H,21,23)/b12-8-. The van der Waals surface area contributed by atoms with Gasteiger partial charge in [0, 0.05) is 17.1 Å². The number of rotatable bonds is 6. The van der Waals surface area contributed by atoms with Gasteiger partial charge in [0.15, 0.2) is 11.5 Å². The maximum atomic E-state index is 12.4. The van der Waals surface area contributed by atoms with Crippen molar-refractivity contribution in [1.29, 1.82) is 5.26 Å². The summed E-state index contributed by atoms with van der Waals surface area (Å²) in [6.07, 6.45) is 1.48. The maximum absolute atomic E-state index is 12.4. The second kappa shape index (κ2) is 8.49. The summed E-state index contributed by atoms with van der Waals surface area (Å²) in [6.45, 7) is 0. The predicted octanol–water partition coefficient (Wildman–Crippen LogP) is 4.43. The molecule has 2 heterocycles. The van der Waals surface area contributed by atoms with Crippen LogP contribution < -0.4 is 14.8 Å². The number of carbonyl (C=O) groups excluding carboxylic acids is 1. The minimum Gasteiger partial charge on any atom is -0.493 e. The molecule has 1 N–H and O–H groups in total. The van der Waals surface area contributed by atoms with E-state index in [9.17, 15) is 10.1 Å². The number of nitriles is 1. The van der Waals surface area contributed by atoms with Gasteiger partial charge in [0.1, 0.15) is 16.6 Å². The van der Waals surface area contributed by atoms with Crippen LogP contribution in [0, 0.1) is 11.3 Å². The van der Waals surface area contributed by atoms with Gasteiger partial charge in [0.25, 0.3) is 5.91 Å². The first-order chi connectivity index (χ1) is 13.1. The number of aromatic nitrogens is 1. The Morgan fingerprint density at radius 3 is 2.70 bits per heavy atom. The number of methoxy groups -OCH3 is 2. The van der Waals surface area contributed by atoms with Crippen LogP contribution in [0.4, 0.5) is 5.69 Å². The van der Waals surface area contributed by atoms with E-state index in [2.05, 4.69) is 10.3 Å². The van der Waals surface area contributed by atoms with Crippen LogP contribution in [0.1, 0.15) is 5.69 Å². The van der Waals surface area contributed by atoms with E-state index < -0.39 is 5.91 Å². The van der Waals surface area contributed by atoms with Crippen molar-refractivity contribution in [3.63, 3.8) is 0 Å².